The minimum atomic E-state index is -1.21. The number of amides is 1. The Labute approximate surface area is 229 Å². The molecule has 0 aromatic rings. The first-order valence-electron chi connectivity index (χ1n) is 9.13. The van der Waals surface area contributed by atoms with Gasteiger partial charge in [0.2, 0.25) is 5.91 Å². The topological polar surface area (TPSA) is 113 Å². The van der Waals surface area contributed by atoms with E-state index in [9.17, 15) is 24.6 Å². The van der Waals surface area contributed by atoms with E-state index < -0.39 is 11.9 Å². The summed E-state index contributed by atoms with van der Waals surface area (Å²) < 4.78 is 0. The number of nitrogens with zero attached hydrogens (tertiary/aromatic N) is 1. The Hall–Kier alpha value is 1.01. The van der Waals surface area contributed by atoms with Crippen molar-refractivity contribution < 1.29 is 106 Å². The van der Waals surface area contributed by atoms with Crippen molar-refractivity contribution >= 4 is 17.8 Å². The fourth-order valence-corrected chi connectivity index (χ4v) is 2.20. The van der Waals surface area contributed by atoms with Gasteiger partial charge in [0.05, 0.1) is 18.5 Å². The third kappa shape index (κ3) is 31.9. The molecular weight excluding hydrogens is 386 g/mol. The molecule has 0 rings (SSSR count). The van der Waals surface area contributed by atoms with Crippen LogP contribution in [0.15, 0.2) is 0 Å². The maximum absolute atomic E-state index is 11.5. The van der Waals surface area contributed by atoms with Crippen molar-refractivity contribution in [3.63, 3.8) is 0 Å². The van der Waals surface area contributed by atoms with Gasteiger partial charge < -0.3 is 30.0 Å². The number of nitrogens with one attached hydrogen (secondary N) is 1. The summed E-state index contributed by atoms with van der Waals surface area (Å²) in [5, 5.41) is 22.2. The van der Waals surface area contributed by atoms with Crippen molar-refractivity contribution in [2.75, 3.05) is 27.2 Å². The molecule has 9 heteroatoms. The zero-order valence-electron chi connectivity index (χ0n) is 18.0. The van der Waals surface area contributed by atoms with Gasteiger partial charge in [-0.2, -0.15) is 0 Å². The van der Waals surface area contributed by atoms with Crippen LogP contribution in [0.4, 0.5) is 0 Å². The van der Waals surface area contributed by atoms with Crippen molar-refractivity contribution in [3.8, 4) is 0 Å². The number of carbonyl (C=O) groups is 3. The van der Waals surface area contributed by atoms with Crippen LogP contribution >= 0.6 is 0 Å². The smallest absolute Gasteiger partial charge is 0.549 e. The second-order valence-corrected chi connectivity index (χ2v) is 6.10. The van der Waals surface area contributed by atoms with Gasteiger partial charge >= 0.3 is 80.9 Å². The Bertz CT molecular complexity index is 374. The Balaban J connectivity index is -0.000000286. The number of unbranched alkanes of at least 4 members (excludes halogenated alkanes) is 8. The molecule has 0 radical (unpaired) electrons. The van der Waals surface area contributed by atoms with Gasteiger partial charge in [0, 0.05) is 20.0 Å². The third-order valence-corrected chi connectivity index (χ3v) is 3.61. The number of carboxylic acids is 2. The molecule has 0 heterocycles. The van der Waals surface area contributed by atoms with Gasteiger partial charge in [0.25, 0.3) is 0 Å². The summed E-state index contributed by atoms with van der Waals surface area (Å²) >= 11 is 0. The summed E-state index contributed by atoms with van der Waals surface area (Å²) in [6.07, 6.45) is 11.3. The molecule has 27 heavy (non-hydrogen) atoms. The molecule has 1 amide bonds. The van der Waals surface area contributed by atoms with E-state index >= 15 is 0 Å². The van der Waals surface area contributed by atoms with E-state index in [0.717, 1.165) is 12.8 Å². The average molecular weight is 421 g/mol. The summed E-state index contributed by atoms with van der Waals surface area (Å²) in [4.78, 5) is 32.5. The molecule has 0 aliphatic carbocycles. The van der Waals surface area contributed by atoms with Crippen LogP contribution in [0.25, 0.3) is 0 Å². The van der Waals surface area contributed by atoms with Crippen molar-refractivity contribution in [2.24, 2.45) is 0 Å². The number of rotatable bonds is 14. The minimum absolute atomic E-state index is 0. The Kier molecular flexibility index (Phi) is 35.5. The van der Waals surface area contributed by atoms with E-state index in [0.29, 0.717) is 6.42 Å². The fraction of sp³-hybridized carbons (Fsp3) is 0.833. The van der Waals surface area contributed by atoms with Crippen molar-refractivity contribution in [1.82, 2.24) is 10.2 Å². The quantitative estimate of drug-likeness (QED) is 0.221. The van der Waals surface area contributed by atoms with Gasteiger partial charge in [0.15, 0.2) is 0 Å². The summed E-state index contributed by atoms with van der Waals surface area (Å²) in [6, 6.07) is 0. The summed E-state index contributed by atoms with van der Waals surface area (Å²) in [5.74, 6) is -2.38. The van der Waals surface area contributed by atoms with Crippen LogP contribution in [0.2, 0.25) is 0 Å². The van der Waals surface area contributed by atoms with E-state index in [1.807, 2.05) is 0 Å². The van der Waals surface area contributed by atoms with Gasteiger partial charge in [0.1, 0.15) is 0 Å². The second-order valence-electron chi connectivity index (χ2n) is 6.10. The van der Waals surface area contributed by atoms with Gasteiger partial charge in [-0.25, -0.2) is 0 Å². The first kappa shape index (κ1) is 35.4. The summed E-state index contributed by atoms with van der Waals surface area (Å²) in [7, 11) is 3.06. The van der Waals surface area contributed by atoms with Crippen LogP contribution in [-0.2, 0) is 14.4 Å². The van der Waals surface area contributed by atoms with E-state index in [2.05, 4.69) is 12.2 Å². The SMILES string of the molecule is CCCCCCCCCCCC(=O)N(C)CC(=O)[O-].CNCC(=O)[O-].[K+].[Na+]. The van der Waals surface area contributed by atoms with E-state index in [4.69, 9.17) is 0 Å². The van der Waals surface area contributed by atoms with E-state index in [1.54, 1.807) is 7.05 Å². The number of likely N-dealkylation sites (N-methyl/N-ethyl adjacent to an activating group) is 2. The molecule has 1 N–H and O–H groups in total. The number of carboxylic acid groups (broad SMARTS) is 2. The summed E-state index contributed by atoms with van der Waals surface area (Å²) in [6.45, 7) is 1.84. The summed E-state index contributed by atoms with van der Waals surface area (Å²) in [5.41, 5.74) is 0. The standard InChI is InChI=1S/C15H29NO3.C3H7NO2.K.Na/c1-3-4-5-6-7-8-9-10-11-12-14(17)16(2)13-15(18)19;1-4-2-3(5)6;;/h3-13H2,1-2H3,(H,18,19);4H,2H2,1H3,(H,5,6);;/q;;2*+1/p-2. The molecule has 0 saturated heterocycles. The second kappa shape index (κ2) is 27.0. The molecule has 0 aliphatic rings. The largest absolute Gasteiger partial charge is 1.00 e. The monoisotopic (exact) mass is 420 g/mol. The van der Waals surface area contributed by atoms with Crippen LogP contribution in [-0.4, -0.2) is 49.9 Å². The zero-order valence-corrected chi connectivity index (χ0v) is 23.1. The Morgan fingerprint density at radius 1 is 0.852 bits per heavy atom. The number of hydrogen-bond acceptors (Lipinski definition) is 6. The molecule has 0 aliphatic heterocycles. The predicted molar refractivity (Wildman–Crippen MR) is 93.4 cm³/mol. The average Bonchev–Trinajstić information content (AvgIpc) is 2.53. The van der Waals surface area contributed by atoms with Crippen LogP contribution in [0, 0.1) is 0 Å². The maximum atomic E-state index is 11.5. The molecule has 0 atom stereocenters. The van der Waals surface area contributed by atoms with Gasteiger partial charge in [-0.05, 0) is 13.5 Å². The molecule has 0 fully saturated rings. The van der Waals surface area contributed by atoms with Crippen molar-refractivity contribution in [1.29, 1.82) is 0 Å². The van der Waals surface area contributed by atoms with Gasteiger partial charge in [-0.15, -0.1) is 0 Å². The predicted octanol–water partition coefficient (Wildman–Crippen LogP) is -5.92. The van der Waals surface area contributed by atoms with Crippen LogP contribution in [0.1, 0.15) is 71.1 Å². The van der Waals surface area contributed by atoms with Gasteiger partial charge in [-0.1, -0.05) is 58.3 Å². The molecule has 0 saturated carbocycles. The van der Waals surface area contributed by atoms with Crippen LogP contribution in [0.3, 0.4) is 0 Å². The molecule has 148 valence electrons. The first-order chi connectivity index (χ1) is 11.8. The molecule has 0 aromatic carbocycles. The number of aliphatic carboxylic acids is 2. The van der Waals surface area contributed by atoms with Crippen LogP contribution in [0.5, 0.6) is 0 Å². The Morgan fingerprint density at radius 2 is 1.30 bits per heavy atom. The number of hydrogen-bond donors (Lipinski definition) is 1. The van der Waals surface area contributed by atoms with Gasteiger partial charge in [-0.3, -0.25) is 4.79 Å². The molecule has 7 nitrogen and oxygen atoms in total. The molecule has 0 aromatic heterocycles. The first-order valence-corrected chi connectivity index (χ1v) is 9.13. The fourth-order valence-electron chi connectivity index (χ4n) is 2.20. The third-order valence-electron chi connectivity index (χ3n) is 3.61. The van der Waals surface area contributed by atoms with Crippen molar-refractivity contribution in [2.45, 2.75) is 71.1 Å². The maximum Gasteiger partial charge on any atom is 1.00 e. The Morgan fingerprint density at radius 3 is 1.63 bits per heavy atom. The van der Waals surface area contributed by atoms with E-state index in [1.165, 1.54) is 56.9 Å². The van der Waals surface area contributed by atoms with Crippen molar-refractivity contribution in [3.05, 3.63) is 0 Å². The zero-order chi connectivity index (χ0) is 19.5. The molecule has 0 bridgehead atoms. The minimum Gasteiger partial charge on any atom is -0.549 e. The van der Waals surface area contributed by atoms with Crippen LogP contribution < -0.4 is 96.5 Å². The normalized spacial score (nSPS) is 9.15. The van der Waals surface area contributed by atoms with E-state index in [-0.39, 0.29) is 99.9 Å². The number of carbonyl (C=O) groups excluding carboxylic acids is 3. The molecule has 0 unspecified atom stereocenters. The molecular formula is C18H34KN2NaO5. The molecule has 0 spiro atoms.